The van der Waals surface area contributed by atoms with Gasteiger partial charge in [0.05, 0.1) is 25.8 Å². The molecule has 1 aliphatic heterocycles. The van der Waals surface area contributed by atoms with Gasteiger partial charge in [-0.2, -0.15) is 0 Å². The van der Waals surface area contributed by atoms with Crippen LogP contribution in [0.2, 0.25) is 0 Å². The highest BCUT2D eigenvalue weighted by Crippen LogP contribution is 2.24. The van der Waals surface area contributed by atoms with Crippen molar-refractivity contribution in [1.82, 2.24) is 4.90 Å². The van der Waals surface area contributed by atoms with Gasteiger partial charge in [-0.15, -0.1) is 0 Å². The van der Waals surface area contributed by atoms with Crippen molar-refractivity contribution in [3.63, 3.8) is 0 Å². The van der Waals surface area contributed by atoms with Crippen LogP contribution in [0.25, 0.3) is 0 Å². The highest BCUT2D eigenvalue weighted by molar-refractivity contribution is 5.91. The number of methoxy groups -OCH3 is 2. The summed E-state index contributed by atoms with van der Waals surface area (Å²) >= 11 is 0. The zero-order valence-corrected chi connectivity index (χ0v) is 12.3. The Morgan fingerprint density at radius 3 is 2.48 bits per heavy atom. The van der Waals surface area contributed by atoms with Crippen LogP contribution >= 0.6 is 0 Å². The van der Waals surface area contributed by atoms with Crippen molar-refractivity contribution in [2.45, 2.75) is 12.8 Å². The number of para-hydroxylation sites is 2. The molecule has 1 aliphatic rings. The number of rotatable bonds is 3. The van der Waals surface area contributed by atoms with Crippen LogP contribution in [0.5, 0.6) is 5.75 Å². The molecular formula is C15H20N2O4. The number of ether oxygens (including phenoxy) is 2. The molecule has 0 spiro atoms. The van der Waals surface area contributed by atoms with Gasteiger partial charge in [-0.3, -0.25) is 4.79 Å². The fourth-order valence-corrected chi connectivity index (χ4v) is 2.43. The topological polar surface area (TPSA) is 67.9 Å². The molecule has 0 saturated carbocycles. The van der Waals surface area contributed by atoms with Crippen molar-refractivity contribution in [2.24, 2.45) is 5.92 Å². The van der Waals surface area contributed by atoms with Gasteiger partial charge in [-0.1, -0.05) is 12.1 Å². The van der Waals surface area contributed by atoms with E-state index in [0.29, 0.717) is 37.4 Å². The molecule has 1 aromatic rings. The number of esters is 1. The maximum Gasteiger partial charge on any atom is 0.321 e. The molecule has 2 amide bonds. The van der Waals surface area contributed by atoms with E-state index in [2.05, 4.69) is 5.32 Å². The standard InChI is InChI=1S/C15H20N2O4/c1-20-13-6-4-3-5-12(13)16-15(19)17-9-7-11(8-10-17)14(18)21-2/h3-6,11H,7-10H2,1-2H3,(H,16,19). The number of carbonyl (C=O) groups excluding carboxylic acids is 2. The number of likely N-dealkylation sites (tertiary alicyclic amines) is 1. The summed E-state index contributed by atoms with van der Waals surface area (Å²) in [5.41, 5.74) is 0.639. The molecule has 0 aliphatic carbocycles. The van der Waals surface area contributed by atoms with Crippen LogP contribution < -0.4 is 10.1 Å². The number of hydrogen-bond donors (Lipinski definition) is 1. The average Bonchev–Trinajstić information content (AvgIpc) is 2.54. The molecule has 0 radical (unpaired) electrons. The first-order chi connectivity index (χ1) is 10.2. The van der Waals surface area contributed by atoms with Gasteiger partial charge in [-0.05, 0) is 25.0 Å². The van der Waals surface area contributed by atoms with Gasteiger partial charge >= 0.3 is 12.0 Å². The second-order valence-electron chi connectivity index (χ2n) is 4.91. The first-order valence-corrected chi connectivity index (χ1v) is 6.92. The Morgan fingerprint density at radius 1 is 1.19 bits per heavy atom. The van der Waals surface area contributed by atoms with Gasteiger partial charge in [0, 0.05) is 13.1 Å². The second-order valence-corrected chi connectivity index (χ2v) is 4.91. The third-order valence-corrected chi connectivity index (χ3v) is 3.67. The third kappa shape index (κ3) is 3.65. The van der Waals surface area contributed by atoms with Gasteiger partial charge in [0.15, 0.2) is 0 Å². The van der Waals surface area contributed by atoms with Crippen molar-refractivity contribution < 1.29 is 19.1 Å². The lowest BCUT2D eigenvalue weighted by molar-refractivity contribution is -0.146. The second kappa shape index (κ2) is 6.97. The highest BCUT2D eigenvalue weighted by Gasteiger charge is 2.28. The number of nitrogens with zero attached hydrogens (tertiary/aromatic N) is 1. The molecule has 0 aromatic heterocycles. The van der Waals surface area contributed by atoms with Crippen molar-refractivity contribution in [3.8, 4) is 5.75 Å². The molecule has 1 N–H and O–H groups in total. The molecular weight excluding hydrogens is 272 g/mol. The summed E-state index contributed by atoms with van der Waals surface area (Å²) in [6.45, 7) is 1.08. The molecule has 2 rings (SSSR count). The number of urea groups is 1. The predicted molar refractivity (Wildman–Crippen MR) is 78.3 cm³/mol. The van der Waals surface area contributed by atoms with Gasteiger partial charge in [0.25, 0.3) is 0 Å². The Bertz CT molecular complexity index is 510. The van der Waals surface area contributed by atoms with Crippen molar-refractivity contribution in [2.75, 3.05) is 32.6 Å². The Labute approximate surface area is 124 Å². The van der Waals surface area contributed by atoms with E-state index in [1.165, 1.54) is 7.11 Å². The van der Waals surface area contributed by atoms with E-state index in [1.54, 1.807) is 24.1 Å². The van der Waals surface area contributed by atoms with E-state index >= 15 is 0 Å². The zero-order valence-electron chi connectivity index (χ0n) is 12.3. The molecule has 0 unspecified atom stereocenters. The quantitative estimate of drug-likeness (QED) is 0.866. The largest absolute Gasteiger partial charge is 0.495 e. The van der Waals surface area contributed by atoms with Gasteiger partial charge in [0.2, 0.25) is 0 Å². The average molecular weight is 292 g/mol. The van der Waals surface area contributed by atoms with Gasteiger partial charge < -0.3 is 19.7 Å². The van der Waals surface area contributed by atoms with Crippen LogP contribution in [0.4, 0.5) is 10.5 Å². The van der Waals surface area contributed by atoms with E-state index in [0.717, 1.165) is 0 Å². The summed E-state index contributed by atoms with van der Waals surface area (Å²) in [6, 6.07) is 7.08. The maximum atomic E-state index is 12.2. The number of amides is 2. The molecule has 0 bridgehead atoms. The zero-order chi connectivity index (χ0) is 15.2. The lowest BCUT2D eigenvalue weighted by atomic mass is 9.97. The minimum Gasteiger partial charge on any atom is -0.495 e. The van der Waals surface area contributed by atoms with Gasteiger partial charge in [0.1, 0.15) is 5.75 Å². The number of carbonyl (C=O) groups is 2. The van der Waals surface area contributed by atoms with Gasteiger partial charge in [-0.25, -0.2) is 4.79 Å². The predicted octanol–water partition coefficient (Wildman–Crippen LogP) is 2.11. The Hall–Kier alpha value is -2.24. The van der Waals surface area contributed by atoms with Crippen molar-refractivity contribution in [1.29, 1.82) is 0 Å². The van der Waals surface area contributed by atoms with Crippen molar-refractivity contribution in [3.05, 3.63) is 24.3 Å². The summed E-state index contributed by atoms with van der Waals surface area (Å²) in [5, 5.41) is 2.84. The van der Waals surface area contributed by atoms with Crippen molar-refractivity contribution >= 4 is 17.7 Å². The Balaban J connectivity index is 1.92. The highest BCUT2D eigenvalue weighted by atomic mass is 16.5. The number of piperidine rings is 1. The number of anilines is 1. The lowest BCUT2D eigenvalue weighted by Gasteiger charge is -2.30. The van der Waals surface area contributed by atoms with Crippen LogP contribution in [0.1, 0.15) is 12.8 Å². The molecule has 1 heterocycles. The number of benzene rings is 1. The fourth-order valence-electron chi connectivity index (χ4n) is 2.43. The first kappa shape index (κ1) is 15.2. The van der Waals surface area contributed by atoms with Crippen LogP contribution in [0.15, 0.2) is 24.3 Å². The summed E-state index contributed by atoms with van der Waals surface area (Å²) in [5.74, 6) is 0.320. The van der Waals surface area contributed by atoms with E-state index in [4.69, 9.17) is 9.47 Å². The number of nitrogens with one attached hydrogen (secondary N) is 1. The van der Waals surface area contributed by atoms with Crippen LogP contribution in [-0.4, -0.2) is 44.2 Å². The van der Waals surface area contributed by atoms with E-state index in [1.807, 2.05) is 12.1 Å². The maximum absolute atomic E-state index is 12.2. The summed E-state index contributed by atoms with van der Waals surface area (Å²) < 4.78 is 9.94. The Morgan fingerprint density at radius 2 is 1.86 bits per heavy atom. The van der Waals surface area contributed by atoms with E-state index in [-0.39, 0.29) is 17.9 Å². The third-order valence-electron chi connectivity index (χ3n) is 3.67. The minimum atomic E-state index is -0.195. The molecule has 1 aromatic carbocycles. The monoisotopic (exact) mass is 292 g/mol. The molecule has 6 heteroatoms. The van der Waals surface area contributed by atoms with Crippen LogP contribution in [0.3, 0.4) is 0 Å². The Kier molecular flexibility index (Phi) is 5.03. The molecule has 21 heavy (non-hydrogen) atoms. The minimum absolute atomic E-state index is 0.106. The first-order valence-electron chi connectivity index (χ1n) is 6.92. The molecule has 1 saturated heterocycles. The molecule has 1 fully saturated rings. The van der Waals surface area contributed by atoms with Crippen LogP contribution in [-0.2, 0) is 9.53 Å². The molecule has 6 nitrogen and oxygen atoms in total. The molecule has 0 atom stereocenters. The lowest BCUT2D eigenvalue weighted by Crippen LogP contribution is -2.42. The summed E-state index contributed by atoms with van der Waals surface area (Å²) in [6.07, 6.45) is 1.26. The normalized spacial score (nSPS) is 15.4. The van der Waals surface area contributed by atoms with E-state index in [9.17, 15) is 9.59 Å². The number of hydrogen-bond acceptors (Lipinski definition) is 4. The van der Waals surface area contributed by atoms with Crippen LogP contribution in [0, 0.1) is 5.92 Å². The summed E-state index contributed by atoms with van der Waals surface area (Å²) in [4.78, 5) is 25.4. The smallest absolute Gasteiger partial charge is 0.321 e. The SMILES string of the molecule is COC(=O)C1CCN(C(=O)Nc2ccccc2OC)CC1. The van der Waals surface area contributed by atoms with E-state index < -0.39 is 0 Å². The molecule has 114 valence electrons. The summed E-state index contributed by atoms with van der Waals surface area (Å²) in [7, 11) is 2.95. The fraction of sp³-hybridized carbons (Fsp3) is 0.467.